The van der Waals surface area contributed by atoms with Crippen molar-refractivity contribution in [3.05, 3.63) is 93.5 Å². The topological polar surface area (TPSA) is 116 Å². The number of rotatable bonds is 8. The lowest BCUT2D eigenvalue weighted by molar-refractivity contribution is -0.384. The Morgan fingerprint density at radius 2 is 1.72 bits per heavy atom. The van der Waals surface area contributed by atoms with E-state index in [1.54, 1.807) is 24.3 Å². The van der Waals surface area contributed by atoms with E-state index in [9.17, 15) is 24.5 Å². The van der Waals surface area contributed by atoms with Gasteiger partial charge in [-0.2, -0.15) is 0 Å². The number of hydrogen-bond acceptors (Lipinski definition) is 7. The highest BCUT2D eigenvalue weighted by Crippen LogP contribution is 2.30. The molecule has 36 heavy (non-hydrogen) atoms. The van der Waals surface area contributed by atoms with E-state index in [2.05, 4.69) is 0 Å². The lowest BCUT2D eigenvalue weighted by Gasteiger charge is -2.17. The van der Waals surface area contributed by atoms with Crippen LogP contribution >= 0.6 is 0 Å². The van der Waals surface area contributed by atoms with Gasteiger partial charge in [0.1, 0.15) is 11.5 Å². The van der Waals surface area contributed by atoms with Crippen LogP contribution < -0.4 is 9.64 Å². The van der Waals surface area contributed by atoms with Gasteiger partial charge >= 0.3 is 5.97 Å². The van der Waals surface area contributed by atoms with Crippen molar-refractivity contribution in [1.29, 1.82) is 0 Å². The molecule has 0 unspecified atom stereocenters. The zero-order chi connectivity index (χ0) is 25.8. The van der Waals surface area contributed by atoms with Crippen LogP contribution in [0.4, 0.5) is 11.4 Å². The molecule has 0 radical (unpaired) electrons. The molecule has 1 heterocycles. The maximum Gasteiger partial charge on any atom is 0.311 e. The molecule has 0 spiro atoms. The van der Waals surface area contributed by atoms with Crippen LogP contribution in [0.2, 0.25) is 0 Å². The second-order valence-corrected chi connectivity index (χ2v) is 8.59. The molecule has 0 aromatic heterocycles. The van der Waals surface area contributed by atoms with Crippen LogP contribution in [0, 0.1) is 29.9 Å². The fraction of sp³-hybridized carbons (Fsp3) is 0.222. The zero-order valence-electron chi connectivity index (χ0n) is 19.8. The summed E-state index contributed by atoms with van der Waals surface area (Å²) in [4.78, 5) is 49.1. The van der Waals surface area contributed by atoms with Crippen molar-refractivity contribution in [3.63, 3.8) is 0 Å². The first-order chi connectivity index (χ1) is 17.2. The summed E-state index contributed by atoms with van der Waals surface area (Å²) in [5.74, 6) is -0.853. The van der Waals surface area contributed by atoms with Gasteiger partial charge in [-0.25, -0.2) is 0 Å². The smallest absolute Gasteiger partial charge is 0.311 e. The fourth-order valence-corrected chi connectivity index (χ4v) is 3.85. The third-order valence-electron chi connectivity index (χ3n) is 6.05. The van der Waals surface area contributed by atoms with E-state index in [1.807, 2.05) is 32.0 Å². The standard InChI is InChI=1S/C27H24N2O7/c1-17-6-9-24(12-18(17)2)36-23-10-7-21(8-11-23)28-15-20(14-26(28)31)27(32)35-16-25(30)19-4-3-5-22(13-19)29(33)34/h3-13,20H,14-16H2,1-2H3/t20-/m1/s1. The number of ketones is 1. The minimum absolute atomic E-state index is 0.0370. The number of non-ortho nitro benzene ring substituents is 1. The van der Waals surface area contributed by atoms with Gasteiger partial charge in [0.05, 0.1) is 10.8 Å². The molecular formula is C27H24N2O7. The van der Waals surface area contributed by atoms with Crippen molar-refractivity contribution in [2.45, 2.75) is 20.3 Å². The third-order valence-corrected chi connectivity index (χ3v) is 6.05. The number of nitrogens with zero attached hydrogens (tertiary/aromatic N) is 2. The van der Waals surface area contributed by atoms with Gasteiger partial charge in [0.2, 0.25) is 11.7 Å². The summed E-state index contributed by atoms with van der Waals surface area (Å²) in [5.41, 5.74) is 2.76. The van der Waals surface area contributed by atoms with Crippen molar-refractivity contribution in [1.82, 2.24) is 0 Å². The maximum absolute atomic E-state index is 12.6. The fourth-order valence-electron chi connectivity index (χ4n) is 3.85. The number of hydrogen-bond donors (Lipinski definition) is 0. The molecule has 0 bridgehead atoms. The molecule has 0 aliphatic carbocycles. The summed E-state index contributed by atoms with van der Waals surface area (Å²) < 4.78 is 11.0. The second kappa shape index (κ2) is 10.4. The molecule has 184 valence electrons. The van der Waals surface area contributed by atoms with Gasteiger partial charge in [-0.1, -0.05) is 18.2 Å². The van der Waals surface area contributed by atoms with Crippen LogP contribution in [0.3, 0.4) is 0 Å². The van der Waals surface area contributed by atoms with Crippen molar-refractivity contribution in [2.24, 2.45) is 5.92 Å². The Morgan fingerprint density at radius 3 is 2.42 bits per heavy atom. The average molecular weight is 488 g/mol. The van der Waals surface area contributed by atoms with E-state index in [0.717, 1.165) is 11.6 Å². The lowest BCUT2D eigenvalue weighted by atomic mass is 10.1. The molecule has 1 amide bonds. The number of esters is 1. The van der Waals surface area contributed by atoms with Crippen molar-refractivity contribution < 1.29 is 28.8 Å². The van der Waals surface area contributed by atoms with E-state index >= 15 is 0 Å². The van der Waals surface area contributed by atoms with Gasteiger partial charge < -0.3 is 14.4 Å². The molecule has 1 saturated heterocycles. The van der Waals surface area contributed by atoms with E-state index in [0.29, 0.717) is 17.2 Å². The molecule has 3 aromatic carbocycles. The number of aryl methyl sites for hydroxylation is 2. The minimum Gasteiger partial charge on any atom is -0.457 e. The number of amides is 1. The Bertz CT molecular complexity index is 1330. The van der Waals surface area contributed by atoms with Gasteiger partial charge in [0, 0.05) is 36.3 Å². The predicted molar refractivity (Wildman–Crippen MR) is 131 cm³/mol. The summed E-state index contributed by atoms with van der Waals surface area (Å²) in [6.45, 7) is 3.60. The molecule has 4 rings (SSSR count). The predicted octanol–water partition coefficient (Wildman–Crippen LogP) is 4.78. The largest absolute Gasteiger partial charge is 0.457 e. The number of benzene rings is 3. The Hall–Kier alpha value is -4.53. The quantitative estimate of drug-likeness (QED) is 0.194. The van der Waals surface area contributed by atoms with Crippen LogP contribution in [-0.4, -0.2) is 35.7 Å². The van der Waals surface area contributed by atoms with Crippen LogP contribution in [-0.2, 0) is 14.3 Å². The summed E-state index contributed by atoms with van der Waals surface area (Å²) in [6, 6.07) is 18.0. The molecule has 9 nitrogen and oxygen atoms in total. The van der Waals surface area contributed by atoms with Crippen LogP contribution in [0.5, 0.6) is 11.5 Å². The number of nitro groups is 1. The van der Waals surface area contributed by atoms with Crippen LogP contribution in [0.15, 0.2) is 66.7 Å². The Labute approximate surface area is 207 Å². The maximum atomic E-state index is 12.6. The minimum atomic E-state index is -0.720. The second-order valence-electron chi connectivity index (χ2n) is 8.59. The monoisotopic (exact) mass is 488 g/mol. The molecule has 1 fully saturated rings. The zero-order valence-corrected chi connectivity index (χ0v) is 19.8. The summed E-state index contributed by atoms with van der Waals surface area (Å²) in [6.07, 6.45) is -0.0370. The first-order valence-corrected chi connectivity index (χ1v) is 11.3. The highest BCUT2D eigenvalue weighted by Gasteiger charge is 2.36. The number of carbonyl (C=O) groups is 3. The number of ether oxygens (including phenoxy) is 2. The van der Waals surface area contributed by atoms with E-state index < -0.39 is 29.2 Å². The molecule has 9 heteroatoms. The average Bonchev–Trinajstić information content (AvgIpc) is 3.26. The van der Waals surface area contributed by atoms with Crippen molar-refractivity contribution in [2.75, 3.05) is 18.1 Å². The number of anilines is 1. The Kier molecular flexibility index (Phi) is 7.10. The number of carbonyl (C=O) groups excluding carboxylic acids is 3. The van der Waals surface area contributed by atoms with Crippen LogP contribution in [0.1, 0.15) is 27.9 Å². The molecule has 0 N–H and O–H groups in total. The molecule has 1 aliphatic rings. The Morgan fingerprint density at radius 1 is 1.00 bits per heavy atom. The molecule has 0 saturated carbocycles. The molecular weight excluding hydrogens is 464 g/mol. The highest BCUT2D eigenvalue weighted by atomic mass is 16.6. The van der Waals surface area contributed by atoms with E-state index in [-0.39, 0.29) is 30.1 Å². The number of Topliss-reactive ketones (excluding diaryl/α,β-unsaturated/α-hetero) is 1. The molecule has 1 atom stereocenters. The number of nitro benzene ring substituents is 1. The van der Waals surface area contributed by atoms with Crippen molar-refractivity contribution in [3.8, 4) is 11.5 Å². The van der Waals surface area contributed by atoms with Gasteiger partial charge in [-0.15, -0.1) is 0 Å². The van der Waals surface area contributed by atoms with E-state index in [1.165, 1.54) is 28.7 Å². The van der Waals surface area contributed by atoms with Crippen LogP contribution in [0.25, 0.3) is 0 Å². The molecule has 1 aliphatic heterocycles. The Balaban J connectivity index is 1.33. The normalized spacial score (nSPS) is 15.0. The van der Waals surface area contributed by atoms with Gasteiger partial charge in [0.15, 0.2) is 6.61 Å². The first-order valence-electron chi connectivity index (χ1n) is 11.3. The third kappa shape index (κ3) is 5.57. The first kappa shape index (κ1) is 24.6. The van der Waals surface area contributed by atoms with Gasteiger partial charge in [0.25, 0.3) is 5.69 Å². The van der Waals surface area contributed by atoms with Gasteiger partial charge in [-0.3, -0.25) is 24.5 Å². The highest BCUT2D eigenvalue weighted by molar-refractivity contribution is 6.01. The SMILES string of the molecule is Cc1ccc(Oc2ccc(N3C[C@H](C(=O)OCC(=O)c4cccc([N+](=O)[O-])c4)CC3=O)cc2)cc1C. The summed E-state index contributed by atoms with van der Waals surface area (Å²) in [7, 11) is 0. The van der Waals surface area contributed by atoms with E-state index in [4.69, 9.17) is 9.47 Å². The summed E-state index contributed by atoms with van der Waals surface area (Å²) >= 11 is 0. The van der Waals surface area contributed by atoms with Gasteiger partial charge in [-0.05, 0) is 61.4 Å². The summed E-state index contributed by atoms with van der Waals surface area (Å²) in [5, 5.41) is 10.9. The molecule has 3 aromatic rings. The lowest BCUT2D eigenvalue weighted by Crippen LogP contribution is -2.27. The van der Waals surface area contributed by atoms with Crippen molar-refractivity contribution >= 4 is 29.0 Å².